The average molecular weight is 426 g/mol. The molecule has 0 bridgehead atoms. The number of nitrogens with one attached hydrogen (secondary N) is 1. The number of aromatic nitrogens is 1. The number of hydrogen-bond acceptors (Lipinski definition) is 5. The molecule has 1 N–H and O–H groups in total. The first-order valence-electron chi connectivity index (χ1n) is 10.5. The Bertz CT molecular complexity index is 1020. The van der Waals surface area contributed by atoms with E-state index >= 15 is 0 Å². The quantitative estimate of drug-likeness (QED) is 0.526. The van der Waals surface area contributed by atoms with Crippen LogP contribution in [-0.4, -0.2) is 56.3 Å². The number of carbonyl (C=O) groups is 1. The Hall–Kier alpha value is -3.19. The first-order chi connectivity index (χ1) is 15.0. The second kappa shape index (κ2) is 10.2. The zero-order valence-corrected chi connectivity index (χ0v) is 18.9. The number of likely N-dealkylation sites (N-methyl/N-ethyl adjacent to an activating group) is 1. The van der Waals surface area contributed by atoms with Gasteiger partial charge in [0.2, 0.25) is 5.75 Å². The van der Waals surface area contributed by atoms with Crippen molar-refractivity contribution in [1.29, 1.82) is 0 Å². The predicted molar refractivity (Wildman–Crippen MR) is 124 cm³/mol. The lowest BCUT2D eigenvalue weighted by atomic mass is 10.1. The van der Waals surface area contributed by atoms with Gasteiger partial charge in [-0.05, 0) is 49.5 Å². The maximum absolute atomic E-state index is 12.9. The number of amides is 1. The Morgan fingerprint density at radius 2 is 1.65 bits per heavy atom. The number of benzene rings is 2. The van der Waals surface area contributed by atoms with Gasteiger partial charge in [0, 0.05) is 41.4 Å². The lowest BCUT2D eigenvalue weighted by molar-refractivity contribution is 0.102. The zero-order valence-electron chi connectivity index (χ0n) is 18.9. The molecule has 0 atom stereocenters. The summed E-state index contributed by atoms with van der Waals surface area (Å²) in [7, 11) is 4.58. The second-order valence-electron chi connectivity index (χ2n) is 7.18. The summed E-state index contributed by atoms with van der Waals surface area (Å²) in [5, 5.41) is 4.05. The van der Waals surface area contributed by atoms with Gasteiger partial charge < -0.3 is 29.0 Å². The molecule has 3 rings (SSSR count). The number of nitrogens with zero attached hydrogens (tertiary/aromatic N) is 2. The normalized spacial score (nSPS) is 11.0. The van der Waals surface area contributed by atoms with Crippen molar-refractivity contribution in [1.82, 2.24) is 9.47 Å². The van der Waals surface area contributed by atoms with Crippen LogP contribution in [0.5, 0.6) is 17.2 Å². The number of methoxy groups -OCH3 is 3. The van der Waals surface area contributed by atoms with Gasteiger partial charge >= 0.3 is 0 Å². The van der Waals surface area contributed by atoms with Gasteiger partial charge in [-0.3, -0.25) is 4.79 Å². The van der Waals surface area contributed by atoms with Gasteiger partial charge in [0.25, 0.3) is 5.91 Å². The maximum atomic E-state index is 12.9. The van der Waals surface area contributed by atoms with E-state index in [9.17, 15) is 4.79 Å². The molecule has 3 aromatic rings. The third-order valence-corrected chi connectivity index (χ3v) is 5.51. The van der Waals surface area contributed by atoms with Gasteiger partial charge in [0.15, 0.2) is 11.5 Å². The lowest BCUT2D eigenvalue weighted by Crippen LogP contribution is -2.26. The number of hydrogen-bond donors (Lipinski definition) is 1. The molecule has 0 aliphatic heterocycles. The van der Waals surface area contributed by atoms with Crippen LogP contribution in [0.1, 0.15) is 24.2 Å². The SMILES string of the molecule is CCN(CC)CCn1ccc2cc(NC(=O)c3cc(OC)c(OC)c(OC)c3)ccc21. The van der Waals surface area contributed by atoms with Gasteiger partial charge in [-0.1, -0.05) is 13.8 Å². The first-order valence-corrected chi connectivity index (χ1v) is 10.5. The van der Waals surface area contributed by atoms with Crippen molar-refractivity contribution in [3.05, 3.63) is 48.2 Å². The van der Waals surface area contributed by atoms with E-state index in [1.165, 1.54) is 21.3 Å². The van der Waals surface area contributed by atoms with Gasteiger partial charge in [0.05, 0.1) is 21.3 Å². The Balaban J connectivity index is 1.78. The lowest BCUT2D eigenvalue weighted by Gasteiger charge is -2.18. The van der Waals surface area contributed by atoms with Gasteiger partial charge in [-0.2, -0.15) is 0 Å². The summed E-state index contributed by atoms with van der Waals surface area (Å²) in [4.78, 5) is 15.3. The number of anilines is 1. The maximum Gasteiger partial charge on any atom is 0.255 e. The largest absolute Gasteiger partial charge is 0.493 e. The molecular formula is C24H31N3O4. The van der Waals surface area contributed by atoms with Crippen LogP contribution < -0.4 is 19.5 Å². The summed E-state index contributed by atoms with van der Waals surface area (Å²) < 4.78 is 18.3. The summed E-state index contributed by atoms with van der Waals surface area (Å²) in [6.07, 6.45) is 2.10. The van der Waals surface area contributed by atoms with Crippen molar-refractivity contribution < 1.29 is 19.0 Å². The third-order valence-electron chi connectivity index (χ3n) is 5.51. The number of fused-ring (bicyclic) bond motifs is 1. The topological polar surface area (TPSA) is 65.0 Å². The number of ether oxygens (including phenoxy) is 3. The molecule has 7 heteroatoms. The molecule has 1 aromatic heterocycles. The van der Waals surface area contributed by atoms with Crippen molar-refractivity contribution in [2.24, 2.45) is 0 Å². The molecule has 0 radical (unpaired) electrons. The van der Waals surface area contributed by atoms with Crippen molar-refractivity contribution in [3.8, 4) is 17.2 Å². The van der Waals surface area contributed by atoms with Crippen LogP contribution >= 0.6 is 0 Å². The summed E-state index contributed by atoms with van der Waals surface area (Å²) in [5.41, 5.74) is 2.30. The van der Waals surface area contributed by atoms with Crippen LogP contribution in [0.2, 0.25) is 0 Å². The fourth-order valence-electron chi connectivity index (χ4n) is 3.68. The summed E-state index contributed by atoms with van der Waals surface area (Å²) in [6, 6.07) is 11.3. The minimum absolute atomic E-state index is 0.250. The minimum atomic E-state index is -0.250. The highest BCUT2D eigenvalue weighted by molar-refractivity contribution is 6.06. The van der Waals surface area contributed by atoms with Crippen molar-refractivity contribution in [3.63, 3.8) is 0 Å². The van der Waals surface area contributed by atoms with Crippen LogP contribution in [-0.2, 0) is 6.54 Å². The van der Waals surface area contributed by atoms with Crippen LogP contribution in [0.4, 0.5) is 5.69 Å². The molecule has 0 aliphatic carbocycles. The molecule has 0 fully saturated rings. The van der Waals surface area contributed by atoms with E-state index in [0.717, 1.165) is 42.8 Å². The van der Waals surface area contributed by atoms with E-state index in [-0.39, 0.29) is 5.91 Å². The number of carbonyl (C=O) groups excluding carboxylic acids is 1. The molecule has 0 spiro atoms. The smallest absolute Gasteiger partial charge is 0.255 e. The van der Waals surface area contributed by atoms with Crippen molar-refractivity contribution >= 4 is 22.5 Å². The average Bonchev–Trinajstić information content (AvgIpc) is 3.20. The minimum Gasteiger partial charge on any atom is -0.493 e. The van der Waals surface area contributed by atoms with Crippen molar-refractivity contribution in [2.45, 2.75) is 20.4 Å². The van der Waals surface area contributed by atoms with E-state index in [2.05, 4.69) is 40.9 Å². The Morgan fingerprint density at radius 1 is 0.968 bits per heavy atom. The summed E-state index contributed by atoms with van der Waals surface area (Å²) in [5.74, 6) is 1.08. The van der Waals surface area contributed by atoms with Crippen LogP contribution in [0.3, 0.4) is 0 Å². The predicted octanol–water partition coefficient (Wildman–Crippen LogP) is 4.26. The van der Waals surface area contributed by atoms with E-state index in [4.69, 9.17) is 14.2 Å². The van der Waals surface area contributed by atoms with Crippen LogP contribution in [0.25, 0.3) is 10.9 Å². The molecule has 0 unspecified atom stereocenters. The molecule has 0 saturated carbocycles. The zero-order chi connectivity index (χ0) is 22.4. The summed E-state index contributed by atoms with van der Waals surface area (Å²) in [6.45, 7) is 8.40. The van der Waals surface area contributed by atoms with Gasteiger partial charge in [0.1, 0.15) is 0 Å². The van der Waals surface area contributed by atoms with E-state index in [1.807, 2.05) is 18.2 Å². The molecule has 31 heavy (non-hydrogen) atoms. The summed E-state index contributed by atoms with van der Waals surface area (Å²) >= 11 is 0. The molecule has 7 nitrogen and oxygen atoms in total. The molecule has 1 heterocycles. The van der Waals surface area contributed by atoms with Crippen LogP contribution in [0.15, 0.2) is 42.6 Å². The van der Waals surface area contributed by atoms with E-state index in [0.29, 0.717) is 22.8 Å². The standard InChI is InChI=1S/C24H31N3O4/c1-6-26(7-2)12-13-27-11-10-17-14-19(8-9-20(17)27)25-24(28)18-15-21(29-3)23(31-5)22(16-18)30-4/h8-11,14-16H,6-7,12-13H2,1-5H3,(H,25,28). The van der Waals surface area contributed by atoms with E-state index < -0.39 is 0 Å². The first kappa shape index (κ1) is 22.5. The monoisotopic (exact) mass is 425 g/mol. The van der Waals surface area contributed by atoms with Gasteiger partial charge in [-0.15, -0.1) is 0 Å². The third kappa shape index (κ3) is 4.94. The molecular weight excluding hydrogens is 394 g/mol. The highest BCUT2D eigenvalue weighted by Crippen LogP contribution is 2.38. The molecule has 0 saturated heterocycles. The highest BCUT2D eigenvalue weighted by atomic mass is 16.5. The van der Waals surface area contributed by atoms with E-state index in [1.54, 1.807) is 12.1 Å². The highest BCUT2D eigenvalue weighted by Gasteiger charge is 2.17. The molecule has 2 aromatic carbocycles. The molecule has 0 aliphatic rings. The second-order valence-corrected chi connectivity index (χ2v) is 7.18. The fourth-order valence-corrected chi connectivity index (χ4v) is 3.68. The van der Waals surface area contributed by atoms with Crippen molar-refractivity contribution in [2.75, 3.05) is 46.3 Å². The fraction of sp³-hybridized carbons (Fsp3) is 0.375. The Kier molecular flexibility index (Phi) is 7.41. The molecule has 1 amide bonds. The van der Waals surface area contributed by atoms with Crippen LogP contribution in [0, 0.1) is 0 Å². The number of rotatable bonds is 10. The Labute approximate surface area is 183 Å². The van der Waals surface area contributed by atoms with Gasteiger partial charge in [-0.25, -0.2) is 0 Å². The molecule has 166 valence electrons. The Morgan fingerprint density at radius 3 is 2.23 bits per heavy atom.